The van der Waals surface area contributed by atoms with Gasteiger partial charge in [0, 0.05) is 43.7 Å². The molecule has 0 unspecified atom stereocenters. The summed E-state index contributed by atoms with van der Waals surface area (Å²) in [6.07, 6.45) is 0. The summed E-state index contributed by atoms with van der Waals surface area (Å²) in [5.74, 6) is -0.0600. The Morgan fingerprint density at radius 2 is 1.82 bits per heavy atom. The summed E-state index contributed by atoms with van der Waals surface area (Å²) in [6.45, 7) is 0. The molecule has 0 aliphatic carbocycles. The van der Waals surface area contributed by atoms with E-state index in [0.717, 1.165) is 0 Å². The number of rotatable bonds is 2. The van der Waals surface area contributed by atoms with E-state index in [1.807, 2.05) is 0 Å². The average Bonchev–Trinajstić information content (AvgIpc) is 2.14. The molecule has 6 nitrogen and oxygen atoms in total. The topological polar surface area (TPSA) is 97.0 Å². The van der Waals surface area contributed by atoms with Crippen molar-refractivity contribution in [3.05, 3.63) is 40.8 Å². The fourth-order valence-corrected chi connectivity index (χ4v) is 1.62. The number of hydrogen-bond donors (Lipinski definition) is 2. The summed E-state index contributed by atoms with van der Waals surface area (Å²) in [5.41, 5.74) is -0.334. The van der Waals surface area contributed by atoms with Gasteiger partial charge in [0.15, 0.2) is 0 Å². The SMILES string of the molecule is O=c1ccc2ccc(OP(=O)(O)O)cc2o1.[Zr]. The van der Waals surface area contributed by atoms with Gasteiger partial charge in [0.25, 0.3) is 0 Å². The van der Waals surface area contributed by atoms with Crippen LogP contribution in [0.3, 0.4) is 0 Å². The standard InChI is InChI=1S/C9H7O6P.Zr/c10-9-4-2-6-1-3-7(5-8(6)14-9)15-16(11,12)13;/h1-5H,(H2,11,12,13);. The Bertz CT molecular complexity index is 631. The Kier molecular flexibility index (Phi) is 4.44. The zero-order valence-electron chi connectivity index (χ0n) is 8.36. The molecule has 8 heteroatoms. The fraction of sp³-hybridized carbons (Fsp3) is 0. The monoisotopic (exact) mass is 332 g/mol. The van der Waals surface area contributed by atoms with Gasteiger partial charge in [-0.25, -0.2) is 9.36 Å². The smallest absolute Gasteiger partial charge is 0.423 e. The first-order valence-electron chi connectivity index (χ1n) is 4.23. The van der Waals surface area contributed by atoms with Crippen LogP contribution < -0.4 is 10.1 Å². The van der Waals surface area contributed by atoms with Crippen LogP contribution in [0.15, 0.2) is 39.5 Å². The van der Waals surface area contributed by atoms with Crippen molar-refractivity contribution in [2.24, 2.45) is 0 Å². The minimum atomic E-state index is -4.60. The van der Waals surface area contributed by atoms with E-state index in [2.05, 4.69) is 4.52 Å². The van der Waals surface area contributed by atoms with Crippen molar-refractivity contribution in [2.45, 2.75) is 0 Å². The maximum absolute atomic E-state index is 10.9. The van der Waals surface area contributed by atoms with E-state index < -0.39 is 13.4 Å². The maximum Gasteiger partial charge on any atom is 0.524 e. The minimum absolute atomic E-state index is 0. The second-order valence-corrected chi connectivity index (χ2v) is 4.20. The molecule has 0 atom stereocenters. The summed E-state index contributed by atoms with van der Waals surface area (Å²) < 4.78 is 19.8. The molecule has 0 saturated carbocycles. The molecule has 17 heavy (non-hydrogen) atoms. The largest absolute Gasteiger partial charge is 0.524 e. The normalized spacial score (nSPS) is 10.9. The van der Waals surface area contributed by atoms with Crippen LogP contribution in [0.25, 0.3) is 11.0 Å². The van der Waals surface area contributed by atoms with E-state index in [1.165, 1.54) is 24.3 Å². The molecule has 0 radical (unpaired) electrons. The van der Waals surface area contributed by atoms with Crippen molar-refractivity contribution in [3.63, 3.8) is 0 Å². The van der Waals surface area contributed by atoms with Crippen molar-refractivity contribution in [1.82, 2.24) is 0 Å². The first kappa shape index (κ1) is 14.3. The molecule has 0 aliphatic heterocycles. The van der Waals surface area contributed by atoms with E-state index in [1.54, 1.807) is 6.07 Å². The molecule has 0 amide bonds. The molecule has 2 N–H and O–H groups in total. The molecule has 0 fully saturated rings. The van der Waals surface area contributed by atoms with Crippen molar-refractivity contribution in [3.8, 4) is 5.75 Å². The Hall–Kier alpha value is -0.737. The quantitative estimate of drug-likeness (QED) is 0.634. The van der Waals surface area contributed by atoms with Crippen LogP contribution in [0.4, 0.5) is 0 Å². The van der Waals surface area contributed by atoms with Crippen LogP contribution in [0.5, 0.6) is 5.75 Å². The Morgan fingerprint density at radius 1 is 1.18 bits per heavy atom. The van der Waals surface area contributed by atoms with Gasteiger partial charge >= 0.3 is 13.4 Å². The van der Waals surface area contributed by atoms with Gasteiger partial charge in [0.05, 0.1) is 0 Å². The molecular formula is C9H7O6PZr. The Labute approximate surface area is 115 Å². The molecular weight excluding hydrogens is 326 g/mol. The average molecular weight is 333 g/mol. The zero-order valence-corrected chi connectivity index (χ0v) is 11.7. The minimum Gasteiger partial charge on any atom is -0.423 e. The van der Waals surface area contributed by atoms with Crippen LogP contribution in [0.2, 0.25) is 0 Å². The number of benzene rings is 1. The number of phosphoric ester groups is 1. The summed E-state index contributed by atoms with van der Waals surface area (Å²) >= 11 is 0. The van der Waals surface area contributed by atoms with Gasteiger partial charge in [0.2, 0.25) is 0 Å². The van der Waals surface area contributed by atoms with Crippen LogP contribution in [0.1, 0.15) is 0 Å². The van der Waals surface area contributed by atoms with E-state index >= 15 is 0 Å². The van der Waals surface area contributed by atoms with E-state index in [-0.39, 0.29) is 37.5 Å². The number of hydrogen-bond acceptors (Lipinski definition) is 4. The predicted octanol–water partition coefficient (Wildman–Crippen LogP) is 1.26. The van der Waals surface area contributed by atoms with Crippen LogP contribution in [-0.2, 0) is 30.8 Å². The molecule has 2 aromatic rings. The number of phosphoric acid groups is 1. The first-order chi connectivity index (χ1) is 7.44. The Balaban J connectivity index is 0.00000144. The fourth-order valence-electron chi connectivity index (χ4n) is 1.24. The van der Waals surface area contributed by atoms with Gasteiger partial charge in [-0.3, -0.25) is 9.79 Å². The molecule has 1 heterocycles. The van der Waals surface area contributed by atoms with Gasteiger partial charge < -0.3 is 8.94 Å². The van der Waals surface area contributed by atoms with Crippen molar-refractivity contribution < 1.29 is 49.5 Å². The van der Waals surface area contributed by atoms with Crippen molar-refractivity contribution >= 4 is 18.8 Å². The van der Waals surface area contributed by atoms with Gasteiger partial charge in [-0.15, -0.1) is 0 Å². The van der Waals surface area contributed by atoms with E-state index in [4.69, 9.17) is 14.2 Å². The third-order valence-electron chi connectivity index (χ3n) is 1.82. The summed E-state index contributed by atoms with van der Waals surface area (Å²) in [6, 6.07) is 6.95. The molecule has 0 spiro atoms. The van der Waals surface area contributed by atoms with Gasteiger partial charge in [-0.1, -0.05) is 0 Å². The van der Waals surface area contributed by atoms with E-state index in [9.17, 15) is 9.36 Å². The van der Waals surface area contributed by atoms with Crippen LogP contribution in [0, 0.1) is 0 Å². The van der Waals surface area contributed by atoms with Crippen molar-refractivity contribution in [1.29, 1.82) is 0 Å². The van der Waals surface area contributed by atoms with Crippen LogP contribution >= 0.6 is 7.82 Å². The molecule has 0 bridgehead atoms. The summed E-state index contributed by atoms with van der Waals surface area (Å²) in [7, 11) is -4.60. The summed E-state index contributed by atoms with van der Waals surface area (Å²) in [5, 5.41) is 0.637. The molecule has 88 valence electrons. The molecule has 2 rings (SSSR count). The van der Waals surface area contributed by atoms with Crippen molar-refractivity contribution in [2.75, 3.05) is 0 Å². The second kappa shape index (κ2) is 5.27. The van der Waals surface area contributed by atoms with Gasteiger partial charge in [0.1, 0.15) is 11.3 Å². The first-order valence-corrected chi connectivity index (χ1v) is 5.76. The molecule has 1 aromatic carbocycles. The maximum atomic E-state index is 10.9. The molecule has 0 aliphatic rings. The Morgan fingerprint density at radius 3 is 2.47 bits per heavy atom. The zero-order chi connectivity index (χ0) is 11.8. The molecule has 0 saturated heterocycles. The number of fused-ring (bicyclic) bond motifs is 1. The third kappa shape index (κ3) is 3.89. The van der Waals surface area contributed by atoms with E-state index in [0.29, 0.717) is 5.39 Å². The molecule has 1 aromatic heterocycles. The van der Waals surface area contributed by atoms with Gasteiger partial charge in [-0.05, 0) is 18.2 Å². The third-order valence-corrected chi connectivity index (χ3v) is 2.27. The van der Waals surface area contributed by atoms with Gasteiger partial charge in [-0.2, -0.15) is 0 Å². The summed E-state index contributed by atoms with van der Waals surface area (Å²) in [4.78, 5) is 28.1. The second-order valence-electron chi connectivity index (χ2n) is 3.04. The van der Waals surface area contributed by atoms with Crippen LogP contribution in [-0.4, -0.2) is 9.79 Å². The predicted molar refractivity (Wildman–Crippen MR) is 55.2 cm³/mol.